The van der Waals surface area contributed by atoms with Crippen molar-refractivity contribution < 1.29 is 9.90 Å². The van der Waals surface area contributed by atoms with Gasteiger partial charge < -0.3 is 10.4 Å². The number of hydrogen-bond donors (Lipinski definition) is 2. The largest absolute Gasteiger partial charge is 0.481 e. The average molecular weight is 237 g/mol. The first-order valence-electron chi connectivity index (χ1n) is 5.74. The molecular formula is C12H19N3O2. The molecule has 0 bridgehead atoms. The number of nitrogens with one attached hydrogen (secondary N) is 1. The Morgan fingerprint density at radius 3 is 2.76 bits per heavy atom. The lowest BCUT2D eigenvalue weighted by Crippen LogP contribution is -2.32. The van der Waals surface area contributed by atoms with E-state index < -0.39 is 5.97 Å². The van der Waals surface area contributed by atoms with Gasteiger partial charge >= 0.3 is 5.97 Å². The van der Waals surface area contributed by atoms with E-state index in [1.807, 2.05) is 26.8 Å². The third-order valence-corrected chi connectivity index (χ3v) is 2.52. The van der Waals surface area contributed by atoms with Gasteiger partial charge in [-0.1, -0.05) is 6.92 Å². The van der Waals surface area contributed by atoms with Crippen molar-refractivity contribution in [3.63, 3.8) is 0 Å². The zero-order chi connectivity index (χ0) is 12.9. The van der Waals surface area contributed by atoms with Crippen molar-refractivity contribution >= 4 is 11.8 Å². The summed E-state index contributed by atoms with van der Waals surface area (Å²) in [6.45, 7) is 5.95. The predicted octanol–water partition coefficient (Wildman–Crippen LogP) is 2.09. The first-order chi connectivity index (χ1) is 7.93. The second kappa shape index (κ2) is 5.61. The third kappa shape index (κ3) is 4.80. The van der Waals surface area contributed by atoms with E-state index in [2.05, 4.69) is 15.3 Å². The zero-order valence-electron chi connectivity index (χ0n) is 10.5. The molecule has 0 saturated carbocycles. The maximum absolute atomic E-state index is 10.5. The van der Waals surface area contributed by atoms with Crippen LogP contribution in [0.25, 0.3) is 0 Å². The first-order valence-corrected chi connectivity index (χ1v) is 5.74. The number of anilines is 1. The summed E-state index contributed by atoms with van der Waals surface area (Å²) in [4.78, 5) is 18.8. The lowest BCUT2D eigenvalue weighted by molar-refractivity contribution is -0.137. The fourth-order valence-electron chi connectivity index (χ4n) is 1.49. The van der Waals surface area contributed by atoms with Crippen LogP contribution in [0.2, 0.25) is 0 Å². The lowest BCUT2D eigenvalue weighted by atomic mass is 9.98. The van der Waals surface area contributed by atoms with Crippen molar-refractivity contribution in [1.82, 2.24) is 9.97 Å². The monoisotopic (exact) mass is 237 g/mol. The summed E-state index contributed by atoms with van der Waals surface area (Å²) in [6.07, 6.45) is 3.07. The lowest BCUT2D eigenvalue weighted by Gasteiger charge is -2.26. The van der Waals surface area contributed by atoms with E-state index in [1.165, 1.54) is 6.33 Å². The predicted molar refractivity (Wildman–Crippen MR) is 66.0 cm³/mol. The van der Waals surface area contributed by atoms with E-state index in [1.54, 1.807) is 0 Å². The van der Waals surface area contributed by atoms with Crippen LogP contribution in [-0.4, -0.2) is 26.6 Å². The van der Waals surface area contributed by atoms with Gasteiger partial charge in [0.15, 0.2) is 0 Å². The summed E-state index contributed by atoms with van der Waals surface area (Å²) in [5.41, 5.74) is 0.675. The smallest absolute Gasteiger partial charge is 0.303 e. The Morgan fingerprint density at radius 1 is 1.47 bits per heavy atom. The fourth-order valence-corrected chi connectivity index (χ4v) is 1.49. The van der Waals surface area contributed by atoms with E-state index >= 15 is 0 Å². The quantitative estimate of drug-likeness (QED) is 0.792. The molecule has 94 valence electrons. The van der Waals surface area contributed by atoms with E-state index in [9.17, 15) is 4.79 Å². The molecule has 0 spiro atoms. The van der Waals surface area contributed by atoms with Gasteiger partial charge in [0.25, 0.3) is 0 Å². The summed E-state index contributed by atoms with van der Waals surface area (Å²) < 4.78 is 0. The number of hydrogen-bond acceptors (Lipinski definition) is 4. The fraction of sp³-hybridized carbons (Fsp3) is 0.583. The van der Waals surface area contributed by atoms with Crippen LogP contribution >= 0.6 is 0 Å². The SMILES string of the molecule is CCc1cc(NC(C)(C)CCC(=O)O)ncn1. The molecule has 0 aliphatic heterocycles. The highest BCUT2D eigenvalue weighted by atomic mass is 16.4. The standard InChI is InChI=1S/C12H19N3O2/c1-4-9-7-10(14-8-13-9)15-12(2,3)6-5-11(16)17/h7-8H,4-6H2,1-3H3,(H,16,17)(H,13,14,15). The molecule has 17 heavy (non-hydrogen) atoms. The van der Waals surface area contributed by atoms with Crippen molar-refractivity contribution in [3.8, 4) is 0 Å². The van der Waals surface area contributed by atoms with Crippen molar-refractivity contribution in [2.75, 3.05) is 5.32 Å². The molecule has 0 aliphatic carbocycles. The van der Waals surface area contributed by atoms with Gasteiger partial charge in [-0.3, -0.25) is 4.79 Å². The molecule has 0 aromatic carbocycles. The summed E-state index contributed by atoms with van der Waals surface area (Å²) in [5, 5.41) is 11.9. The number of carboxylic acids is 1. The molecule has 2 N–H and O–H groups in total. The minimum atomic E-state index is -0.781. The topological polar surface area (TPSA) is 75.1 Å². The van der Waals surface area contributed by atoms with Gasteiger partial charge in [-0.2, -0.15) is 0 Å². The normalized spacial score (nSPS) is 11.2. The molecule has 5 nitrogen and oxygen atoms in total. The molecule has 1 aromatic heterocycles. The van der Waals surface area contributed by atoms with Crippen molar-refractivity contribution in [1.29, 1.82) is 0 Å². The van der Waals surface area contributed by atoms with Crippen LogP contribution in [0.15, 0.2) is 12.4 Å². The summed E-state index contributed by atoms with van der Waals surface area (Å²) in [6, 6.07) is 1.89. The molecule has 1 rings (SSSR count). The number of carboxylic acid groups (broad SMARTS) is 1. The number of carbonyl (C=O) groups is 1. The van der Waals surface area contributed by atoms with Gasteiger partial charge in [0.05, 0.1) is 0 Å². The summed E-state index contributed by atoms with van der Waals surface area (Å²) in [5.74, 6) is -0.0379. The van der Waals surface area contributed by atoms with Crippen LogP contribution < -0.4 is 5.32 Å². The number of aliphatic carboxylic acids is 1. The average Bonchev–Trinajstić information content (AvgIpc) is 2.26. The molecule has 0 saturated heterocycles. The van der Waals surface area contributed by atoms with Crippen LogP contribution in [0, 0.1) is 0 Å². The molecule has 0 unspecified atom stereocenters. The zero-order valence-corrected chi connectivity index (χ0v) is 10.5. The van der Waals surface area contributed by atoms with Crippen LogP contribution in [-0.2, 0) is 11.2 Å². The molecule has 5 heteroatoms. The molecule has 0 amide bonds. The Balaban J connectivity index is 2.64. The van der Waals surface area contributed by atoms with Gasteiger partial charge in [-0.25, -0.2) is 9.97 Å². The molecule has 0 radical (unpaired) electrons. The van der Waals surface area contributed by atoms with Gasteiger partial charge in [0.2, 0.25) is 0 Å². The van der Waals surface area contributed by atoms with Crippen LogP contribution in [0.3, 0.4) is 0 Å². The second-order valence-electron chi connectivity index (χ2n) is 4.65. The van der Waals surface area contributed by atoms with Crippen LogP contribution in [0.4, 0.5) is 5.82 Å². The molecule has 0 aliphatic rings. The minimum absolute atomic E-state index is 0.145. The third-order valence-electron chi connectivity index (χ3n) is 2.52. The maximum atomic E-state index is 10.5. The van der Waals surface area contributed by atoms with Crippen molar-refractivity contribution in [2.45, 2.75) is 45.6 Å². The van der Waals surface area contributed by atoms with E-state index in [-0.39, 0.29) is 12.0 Å². The number of rotatable bonds is 6. The highest BCUT2D eigenvalue weighted by Crippen LogP contribution is 2.18. The summed E-state index contributed by atoms with van der Waals surface area (Å²) in [7, 11) is 0. The van der Waals surface area contributed by atoms with Gasteiger partial charge in [0.1, 0.15) is 12.1 Å². The highest BCUT2D eigenvalue weighted by molar-refractivity contribution is 5.66. The molecule has 1 heterocycles. The Hall–Kier alpha value is -1.65. The number of nitrogens with zero attached hydrogens (tertiary/aromatic N) is 2. The van der Waals surface area contributed by atoms with Crippen LogP contribution in [0.1, 0.15) is 39.3 Å². The van der Waals surface area contributed by atoms with Gasteiger partial charge in [0, 0.05) is 23.7 Å². The first kappa shape index (κ1) is 13.4. The van der Waals surface area contributed by atoms with Crippen LogP contribution in [0.5, 0.6) is 0 Å². The molecule has 1 aromatic rings. The minimum Gasteiger partial charge on any atom is -0.481 e. The van der Waals surface area contributed by atoms with Crippen molar-refractivity contribution in [3.05, 3.63) is 18.1 Å². The Labute approximate surface area is 101 Å². The Morgan fingerprint density at radius 2 is 2.18 bits per heavy atom. The van der Waals surface area contributed by atoms with Gasteiger partial charge in [-0.15, -0.1) is 0 Å². The van der Waals surface area contributed by atoms with Gasteiger partial charge in [-0.05, 0) is 26.7 Å². The Bertz CT molecular complexity index is 391. The van der Waals surface area contributed by atoms with E-state index in [0.717, 1.165) is 17.9 Å². The van der Waals surface area contributed by atoms with Crippen molar-refractivity contribution in [2.24, 2.45) is 0 Å². The molecule has 0 fully saturated rings. The number of aryl methyl sites for hydroxylation is 1. The highest BCUT2D eigenvalue weighted by Gasteiger charge is 2.19. The molecular weight excluding hydrogens is 218 g/mol. The number of aromatic nitrogens is 2. The second-order valence-corrected chi connectivity index (χ2v) is 4.65. The molecule has 0 atom stereocenters. The van der Waals surface area contributed by atoms with E-state index in [0.29, 0.717) is 6.42 Å². The Kier molecular flexibility index (Phi) is 4.43. The summed E-state index contributed by atoms with van der Waals surface area (Å²) >= 11 is 0. The van der Waals surface area contributed by atoms with E-state index in [4.69, 9.17) is 5.11 Å². The maximum Gasteiger partial charge on any atom is 0.303 e.